The van der Waals surface area contributed by atoms with Gasteiger partial charge in [-0.3, -0.25) is 4.79 Å². The molecule has 6 nitrogen and oxygen atoms in total. The second kappa shape index (κ2) is 7.39. The number of carbonyl (C=O) groups excluding carboxylic acids is 1. The van der Waals surface area contributed by atoms with Crippen molar-refractivity contribution in [3.8, 4) is 0 Å². The molecule has 1 saturated heterocycles. The van der Waals surface area contributed by atoms with Crippen molar-refractivity contribution in [2.45, 2.75) is 19.3 Å². The maximum atomic E-state index is 12.7. The second-order valence-corrected chi connectivity index (χ2v) is 8.40. The highest BCUT2D eigenvalue weighted by atomic mass is 32.1. The van der Waals surface area contributed by atoms with Crippen LogP contribution in [0, 0.1) is 0 Å². The van der Waals surface area contributed by atoms with Crippen molar-refractivity contribution < 1.29 is 4.79 Å². The highest BCUT2D eigenvalue weighted by Crippen LogP contribution is 2.38. The molecule has 2 aromatic heterocycles. The number of nitrogens with one attached hydrogen (secondary N) is 1. The van der Waals surface area contributed by atoms with E-state index in [2.05, 4.69) is 44.5 Å². The summed E-state index contributed by atoms with van der Waals surface area (Å²) >= 11 is 1.77. The van der Waals surface area contributed by atoms with Gasteiger partial charge in [0, 0.05) is 36.7 Å². The number of carbonyl (C=O) groups is 1. The summed E-state index contributed by atoms with van der Waals surface area (Å²) in [7, 11) is 0. The van der Waals surface area contributed by atoms with Crippen LogP contribution in [0.4, 0.5) is 11.5 Å². The Balaban J connectivity index is 1.22. The molecule has 3 aromatic rings. The fourth-order valence-electron chi connectivity index (χ4n) is 4.19. The number of rotatable bonds is 4. The van der Waals surface area contributed by atoms with Gasteiger partial charge in [0.05, 0.1) is 11.9 Å². The van der Waals surface area contributed by atoms with Gasteiger partial charge < -0.3 is 15.1 Å². The first-order chi connectivity index (χ1) is 13.8. The average Bonchev–Trinajstić information content (AvgIpc) is 3.34. The summed E-state index contributed by atoms with van der Waals surface area (Å²) in [6.45, 7) is 3.52. The van der Waals surface area contributed by atoms with Crippen LogP contribution in [-0.4, -0.2) is 53.5 Å². The van der Waals surface area contributed by atoms with E-state index in [0.29, 0.717) is 0 Å². The van der Waals surface area contributed by atoms with Crippen molar-refractivity contribution in [3.05, 3.63) is 47.1 Å². The number of thiophene rings is 1. The molecule has 0 bridgehead atoms. The van der Waals surface area contributed by atoms with Gasteiger partial charge in [-0.1, -0.05) is 18.2 Å². The van der Waals surface area contributed by atoms with Crippen molar-refractivity contribution >= 4 is 39.0 Å². The van der Waals surface area contributed by atoms with E-state index in [1.54, 1.807) is 17.7 Å². The van der Waals surface area contributed by atoms with Gasteiger partial charge in [-0.15, -0.1) is 11.3 Å². The molecule has 1 aromatic carbocycles. The molecule has 1 aliphatic heterocycles. The number of benzene rings is 1. The predicted octanol–water partition coefficient (Wildman–Crippen LogP) is 2.94. The van der Waals surface area contributed by atoms with Crippen molar-refractivity contribution in [2.75, 3.05) is 42.9 Å². The number of hydrogen-bond donors (Lipinski definition) is 1. The quantitative estimate of drug-likeness (QED) is 0.738. The van der Waals surface area contributed by atoms with Crippen LogP contribution in [0.3, 0.4) is 0 Å². The zero-order valence-corrected chi connectivity index (χ0v) is 16.5. The normalized spacial score (nSPS) is 16.4. The molecule has 28 heavy (non-hydrogen) atoms. The number of nitrogens with zero attached hydrogens (tertiary/aromatic N) is 4. The fraction of sp³-hybridized carbons (Fsp3) is 0.381. The largest absolute Gasteiger partial charge is 0.368 e. The van der Waals surface area contributed by atoms with E-state index in [0.717, 1.165) is 55.1 Å². The predicted molar refractivity (Wildman–Crippen MR) is 113 cm³/mol. The summed E-state index contributed by atoms with van der Waals surface area (Å²) in [6, 6.07) is 10.4. The SMILES string of the molecule is O=C(CNc1ncnc2sc3c(c12)CCC3)N1CCN(c2ccccc2)CC1. The Morgan fingerprint density at radius 1 is 1.07 bits per heavy atom. The van der Waals surface area contributed by atoms with E-state index in [4.69, 9.17) is 0 Å². The van der Waals surface area contributed by atoms with Crippen LogP contribution in [0.25, 0.3) is 10.2 Å². The van der Waals surface area contributed by atoms with Crippen LogP contribution in [-0.2, 0) is 17.6 Å². The summed E-state index contributed by atoms with van der Waals surface area (Å²) in [6.07, 6.45) is 5.03. The van der Waals surface area contributed by atoms with Gasteiger partial charge in [-0.2, -0.15) is 0 Å². The van der Waals surface area contributed by atoms with E-state index < -0.39 is 0 Å². The average molecular weight is 394 g/mol. The Labute approximate surface area is 168 Å². The van der Waals surface area contributed by atoms with Crippen LogP contribution in [0.2, 0.25) is 0 Å². The number of fused-ring (bicyclic) bond motifs is 3. The lowest BCUT2D eigenvalue weighted by atomic mass is 10.2. The number of para-hydroxylation sites is 1. The fourth-order valence-corrected chi connectivity index (χ4v) is 5.42. The first-order valence-corrected chi connectivity index (χ1v) is 10.7. The minimum absolute atomic E-state index is 0.131. The molecule has 3 heterocycles. The monoisotopic (exact) mass is 393 g/mol. The smallest absolute Gasteiger partial charge is 0.242 e. The minimum atomic E-state index is 0.131. The summed E-state index contributed by atoms with van der Waals surface area (Å²) in [4.78, 5) is 28.3. The van der Waals surface area contributed by atoms with Crippen molar-refractivity contribution in [1.29, 1.82) is 0 Å². The lowest BCUT2D eigenvalue weighted by Crippen LogP contribution is -2.50. The summed E-state index contributed by atoms with van der Waals surface area (Å²) in [5.74, 6) is 0.937. The molecule has 5 rings (SSSR count). The molecular weight excluding hydrogens is 370 g/mol. The zero-order chi connectivity index (χ0) is 18.9. The Morgan fingerprint density at radius 2 is 1.89 bits per heavy atom. The van der Waals surface area contributed by atoms with Gasteiger partial charge in [0.2, 0.25) is 5.91 Å². The Hall–Kier alpha value is -2.67. The van der Waals surface area contributed by atoms with E-state index in [1.165, 1.54) is 22.5 Å². The molecule has 2 aliphatic rings. The molecule has 1 N–H and O–H groups in total. The van der Waals surface area contributed by atoms with Gasteiger partial charge in [-0.05, 0) is 37.0 Å². The summed E-state index contributed by atoms with van der Waals surface area (Å²) in [5.41, 5.74) is 2.61. The molecule has 0 radical (unpaired) electrons. The Morgan fingerprint density at radius 3 is 2.71 bits per heavy atom. The van der Waals surface area contributed by atoms with Gasteiger partial charge in [0.15, 0.2) is 0 Å². The third-order valence-corrected chi connectivity index (χ3v) is 6.86. The second-order valence-electron chi connectivity index (χ2n) is 7.32. The number of piperazine rings is 1. The highest BCUT2D eigenvalue weighted by molar-refractivity contribution is 7.19. The number of aromatic nitrogens is 2. The Kier molecular flexibility index (Phi) is 4.60. The van der Waals surface area contributed by atoms with Crippen LogP contribution in [0.15, 0.2) is 36.7 Å². The standard InChI is InChI=1S/C21H23N5OS/c27-18(26-11-9-25(10-12-26)15-5-2-1-3-6-15)13-22-20-19-16-7-4-8-17(16)28-21(19)24-14-23-20/h1-3,5-6,14H,4,7-13H2,(H,22,23,24). The van der Waals surface area contributed by atoms with Crippen molar-refractivity contribution in [3.63, 3.8) is 0 Å². The third kappa shape index (κ3) is 3.20. The topological polar surface area (TPSA) is 61.4 Å². The highest BCUT2D eigenvalue weighted by Gasteiger charge is 2.23. The summed E-state index contributed by atoms with van der Waals surface area (Å²) in [5, 5.41) is 4.42. The maximum absolute atomic E-state index is 12.7. The first kappa shape index (κ1) is 17.4. The lowest BCUT2D eigenvalue weighted by Gasteiger charge is -2.36. The van der Waals surface area contributed by atoms with Crippen LogP contribution in [0.5, 0.6) is 0 Å². The first-order valence-electron chi connectivity index (χ1n) is 9.86. The van der Waals surface area contributed by atoms with Gasteiger partial charge in [0.1, 0.15) is 17.0 Å². The Bertz CT molecular complexity index is 995. The molecule has 1 fully saturated rings. The van der Waals surface area contributed by atoms with E-state index in [9.17, 15) is 4.79 Å². The molecule has 1 amide bonds. The van der Waals surface area contributed by atoms with Crippen LogP contribution < -0.4 is 10.2 Å². The minimum Gasteiger partial charge on any atom is -0.368 e. The van der Waals surface area contributed by atoms with E-state index in [-0.39, 0.29) is 12.5 Å². The lowest BCUT2D eigenvalue weighted by molar-refractivity contribution is -0.129. The van der Waals surface area contributed by atoms with Gasteiger partial charge in [-0.25, -0.2) is 9.97 Å². The van der Waals surface area contributed by atoms with Gasteiger partial charge in [0.25, 0.3) is 0 Å². The number of anilines is 2. The molecule has 1 aliphatic carbocycles. The molecule has 0 atom stereocenters. The van der Waals surface area contributed by atoms with E-state index in [1.807, 2.05) is 11.0 Å². The molecule has 7 heteroatoms. The molecular formula is C21H23N5OS. The zero-order valence-electron chi connectivity index (χ0n) is 15.7. The maximum Gasteiger partial charge on any atom is 0.242 e. The molecule has 144 valence electrons. The number of aryl methyl sites for hydroxylation is 2. The molecule has 0 unspecified atom stereocenters. The third-order valence-electron chi connectivity index (χ3n) is 5.66. The molecule has 0 spiro atoms. The number of hydrogen-bond acceptors (Lipinski definition) is 6. The number of amides is 1. The van der Waals surface area contributed by atoms with Gasteiger partial charge >= 0.3 is 0 Å². The van der Waals surface area contributed by atoms with E-state index >= 15 is 0 Å². The summed E-state index contributed by atoms with van der Waals surface area (Å²) < 4.78 is 0. The van der Waals surface area contributed by atoms with Crippen LogP contribution in [0.1, 0.15) is 16.9 Å². The van der Waals surface area contributed by atoms with Crippen molar-refractivity contribution in [2.24, 2.45) is 0 Å². The molecule has 0 saturated carbocycles. The van der Waals surface area contributed by atoms with Crippen LogP contribution >= 0.6 is 11.3 Å². The van der Waals surface area contributed by atoms with Crippen molar-refractivity contribution in [1.82, 2.24) is 14.9 Å².